The summed E-state index contributed by atoms with van der Waals surface area (Å²) >= 11 is 7.98. The third-order valence-electron chi connectivity index (χ3n) is 3.90. The molecule has 3 nitrogen and oxygen atoms in total. The molecule has 0 radical (unpaired) electrons. The van der Waals surface area contributed by atoms with Crippen LogP contribution in [0, 0.1) is 0 Å². The summed E-state index contributed by atoms with van der Waals surface area (Å²) in [5.74, 6) is 0. The number of thioether (sulfide) groups is 1. The van der Waals surface area contributed by atoms with E-state index in [1.54, 1.807) is 0 Å². The molecule has 0 saturated heterocycles. The van der Waals surface area contributed by atoms with Crippen LogP contribution in [0.2, 0.25) is 5.02 Å². The molecule has 3 unspecified atom stereocenters. The van der Waals surface area contributed by atoms with Gasteiger partial charge in [0, 0.05) is 22.9 Å². The van der Waals surface area contributed by atoms with E-state index in [2.05, 4.69) is 11.6 Å². The van der Waals surface area contributed by atoms with Crippen LogP contribution in [0.25, 0.3) is 0 Å². The number of nitrogens with one attached hydrogen (secondary N) is 1. The quantitative estimate of drug-likeness (QED) is 0.769. The van der Waals surface area contributed by atoms with E-state index in [4.69, 9.17) is 16.3 Å². The van der Waals surface area contributed by atoms with E-state index in [1.165, 1.54) is 19.3 Å². The minimum Gasteiger partial charge on any atom is -0.389 e. The number of halogens is 1. The summed E-state index contributed by atoms with van der Waals surface area (Å²) in [4.78, 5) is 0. The molecule has 0 bridgehead atoms. The lowest BCUT2D eigenvalue weighted by molar-refractivity contribution is 0.0278. The molecule has 21 heavy (non-hydrogen) atoms. The van der Waals surface area contributed by atoms with Gasteiger partial charge < -0.3 is 15.2 Å². The molecule has 2 rings (SSSR count). The molecule has 5 heteroatoms. The smallest absolute Gasteiger partial charge is 0.0897 e. The van der Waals surface area contributed by atoms with E-state index in [0.29, 0.717) is 36.1 Å². The Morgan fingerprint density at radius 2 is 2.24 bits per heavy atom. The molecule has 1 aromatic carbocycles. The number of aliphatic hydroxyl groups excluding tert-OH is 1. The first-order chi connectivity index (χ1) is 10.2. The molecule has 0 spiro atoms. The summed E-state index contributed by atoms with van der Waals surface area (Å²) in [7, 11) is 0. The first-order valence-electron chi connectivity index (χ1n) is 7.46. The Labute approximate surface area is 136 Å². The lowest BCUT2D eigenvalue weighted by Crippen LogP contribution is -2.40. The second kappa shape index (κ2) is 9.01. The molecule has 1 fully saturated rings. The van der Waals surface area contributed by atoms with Gasteiger partial charge in [-0.3, -0.25) is 0 Å². The van der Waals surface area contributed by atoms with Gasteiger partial charge in [-0.1, -0.05) is 36.2 Å². The van der Waals surface area contributed by atoms with E-state index in [0.717, 1.165) is 5.56 Å². The average Bonchev–Trinajstić information content (AvgIpc) is 2.94. The second-order valence-electron chi connectivity index (χ2n) is 5.48. The van der Waals surface area contributed by atoms with Crippen molar-refractivity contribution < 1.29 is 9.84 Å². The summed E-state index contributed by atoms with van der Waals surface area (Å²) < 4.78 is 5.55. The van der Waals surface area contributed by atoms with Crippen LogP contribution < -0.4 is 5.32 Å². The fraction of sp³-hybridized carbons (Fsp3) is 0.625. The fourth-order valence-electron chi connectivity index (χ4n) is 2.71. The third kappa shape index (κ3) is 5.46. The minimum atomic E-state index is -0.476. The zero-order valence-corrected chi connectivity index (χ0v) is 14.0. The summed E-state index contributed by atoms with van der Waals surface area (Å²) in [6, 6.07) is 8.15. The Kier molecular flexibility index (Phi) is 7.34. The van der Waals surface area contributed by atoms with E-state index in [9.17, 15) is 5.11 Å². The highest BCUT2D eigenvalue weighted by atomic mass is 35.5. The number of benzene rings is 1. The van der Waals surface area contributed by atoms with Crippen LogP contribution in [0.4, 0.5) is 0 Å². The maximum atomic E-state index is 9.99. The van der Waals surface area contributed by atoms with E-state index in [1.807, 2.05) is 36.0 Å². The highest BCUT2D eigenvalue weighted by Crippen LogP contribution is 2.28. The first kappa shape index (κ1) is 17.1. The Morgan fingerprint density at radius 1 is 1.43 bits per heavy atom. The Bertz CT molecular complexity index is 432. The maximum absolute atomic E-state index is 9.99. The summed E-state index contributed by atoms with van der Waals surface area (Å²) in [6.07, 6.45) is 5.45. The number of aliphatic hydroxyl groups is 1. The normalized spacial score (nSPS) is 23.4. The fourth-order valence-corrected chi connectivity index (χ4v) is 3.86. The van der Waals surface area contributed by atoms with Crippen LogP contribution in [0.1, 0.15) is 24.8 Å². The summed E-state index contributed by atoms with van der Waals surface area (Å²) in [5, 5.41) is 14.8. The van der Waals surface area contributed by atoms with Gasteiger partial charge in [0.1, 0.15) is 0 Å². The van der Waals surface area contributed by atoms with Gasteiger partial charge in [0.05, 0.1) is 19.3 Å². The number of ether oxygens (including phenoxy) is 1. The van der Waals surface area contributed by atoms with E-state index < -0.39 is 6.10 Å². The zero-order valence-electron chi connectivity index (χ0n) is 12.4. The molecule has 0 aromatic heterocycles. The van der Waals surface area contributed by atoms with Gasteiger partial charge in [0.25, 0.3) is 0 Å². The van der Waals surface area contributed by atoms with Crippen LogP contribution in [-0.2, 0) is 11.3 Å². The first-order valence-corrected chi connectivity index (χ1v) is 9.12. The standard InChI is InChI=1S/C16H24ClNO2S/c1-21-16-8-4-7-15(16)18-9-13(19)11-20-10-12-5-2-3-6-14(12)17/h2-3,5-6,13,15-16,18-19H,4,7-11H2,1H3. The van der Waals surface area contributed by atoms with Crippen molar-refractivity contribution in [1.29, 1.82) is 0 Å². The van der Waals surface area contributed by atoms with Gasteiger partial charge >= 0.3 is 0 Å². The van der Waals surface area contributed by atoms with Crippen molar-refractivity contribution in [3.63, 3.8) is 0 Å². The Balaban J connectivity index is 1.64. The number of rotatable bonds is 8. The van der Waals surface area contributed by atoms with E-state index in [-0.39, 0.29) is 0 Å². The van der Waals surface area contributed by atoms with Gasteiger partial charge in [-0.25, -0.2) is 0 Å². The molecule has 0 heterocycles. The number of hydrogen-bond acceptors (Lipinski definition) is 4. The molecule has 118 valence electrons. The topological polar surface area (TPSA) is 41.5 Å². The predicted molar refractivity (Wildman–Crippen MR) is 90.1 cm³/mol. The lowest BCUT2D eigenvalue weighted by atomic mass is 10.2. The van der Waals surface area contributed by atoms with Crippen LogP contribution in [-0.4, -0.2) is 41.9 Å². The molecule has 1 aliphatic rings. The maximum Gasteiger partial charge on any atom is 0.0897 e. The third-order valence-corrected chi connectivity index (χ3v) is 5.44. The SMILES string of the molecule is CSC1CCCC1NCC(O)COCc1ccccc1Cl. The van der Waals surface area contributed by atoms with Crippen molar-refractivity contribution in [2.75, 3.05) is 19.4 Å². The highest BCUT2D eigenvalue weighted by molar-refractivity contribution is 7.99. The van der Waals surface area contributed by atoms with Gasteiger partial charge in [-0.2, -0.15) is 11.8 Å². The molecule has 1 aliphatic carbocycles. The minimum absolute atomic E-state index is 0.328. The average molecular weight is 330 g/mol. The second-order valence-corrected chi connectivity index (χ2v) is 6.96. The van der Waals surface area contributed by atoms with Crippen molar-refractivity contribution in [2.24, 2.45) is 0 Å². The highest BCUT2D eigenvalue weighted by Gasteiger charge is 2.26. The van der Waals surface area contributed by atoms with Gasteiger partial charge in [-0.15, -0.1) is 0 Å². The Morgan fingerprint density at radius 3 is 3.00 bits per heavy atom. The molecular weight excluding hydrogens is 306 g/mol. The molecule has 2 N–H and O–H groups in total. The molecule has 1 saturated carbocycles. The van der Waals surface area contributed by atoms with Crippen LogP contribution >= 0.6 is 23.4 Å². The van der Waals surface area contributed by atoms with Crippen molar-refractivity contribution in [1.82, 2.24) is 5.32 Å². The van der Waals surface area contributed by atoms with Gasteiger partial charge in [-0.05, 0) is 30.7 Å². The van der Waals surface area contributed by atoms with Crippen LogP contribution in [0.3, 0.4) is 0 Å². The zero-order chi connectivity index (χ0) is 15.1. The summed E-state index contributed by atoms with van der Waals surface area (Å²) in [5.41, 5.74) is 0.956. The van der Waals surface area contributed by atoms with Crippen molar-refractivity contribution in [3.05, 3.63) is 34.9 Å². The van der Waals surface area contributed by atoms with Crippen LogP contribution in [0.15, 0.2) is 24.3 Å². The summed E-state index contributed by atoms with van der Waals surface area (Å²) in [6.45, 7) is 1.35. The van der Waals surface area contributed by atoms with E-state index >= 15 is 0 Å². The van der Waals surface area contributed by atoms with Gasteiger partial charge in [0.15, 0.2) is 0 Å². The lowest BCUT2D eigenvalue weighted by Gasteiger charge is -2.21. The Hall–Kier alpha value is -0.260. The molecular formula is C16H24ClNO2S. The van der Waals surface area contributed by atoms with Crippen molar-refractivity contribution in [2.45, 2.75) is 43.3 Å². The molecule has 3 atom stereocenters. The monoisotopic (exact) mass is 329 g/mol. The largest absolute Gasteiger partial charge is 0.389 e. The molecule has 1 aromatic rings. The van der Waals surface area contributed by atoms with Crippen molar-refractivity contribution in [3.8, 4) is 0 Å². The van der Waals surface area contributed by atoms with Crippen LogP contribution in [0.5, 0.6) is 0 Å². The number of hydrogen-bond donors (Lipinski definition) is 2. The molecule has 0 amide bonds. The van der Waals surface area contributed by atoms with Crippen molar-refractivity contribution >= 4 is 23.4 Å². The predicted octanol–water partition coefficient (Wildman–Crippen LogP) is 3.09. The van der Waals surface area contributed by atoms with Gasteiger partial charge in [0.2, 0.25) is 0 Å². The molecule has 0 aliphatic heterocycles.